The number of benzene rings is 2. The number of rotatable bonds is 6. The summed E-state index contributed by atoms with van der Waals surface area (Å²) in [5.41, 5.74) is 1.33. The first-order valence-electron chi connectivity index (χ1n) is 8.60. The molecule has 0 fully saturated rings. The van der Waals surface area contributed by atoms with E-state index in [0.717, 1.165) is 23.3 Å². The molecule has 1 aliphatic rings. The Bertz CT molecular complexity index is 817. The van der Waals surface area contributed by atoms with Crippen LogP contribution in [0.25, 0.3) is 0 Å². The summed E-state index contributed by atoms with van der Waals surface area (Å²) >= 11 is 0. The van der Waals surface area contributed by atoms with Gasteiger partial charge in [0.25, 0.3) is 0 Å². The van der Waals surface area contributed by atoms with Gasteiger partial charge >= 0.3 is 12.1 Å². The fourth-order valence-corrected chi connectivity index (χ4v) is 3.11. The van der Waals surface area contributed by atoms with Crippen LogP contribution < -0.4 is 9.47 Å². The molecule has 0 spiro atoms. The molecule has 144 valence electrons. The van der Waals surface area contributed by atoms with Crippen LogP contribution in [0, 0.1) is 5.92 Å². The van der Waals surface area contributed by atoms with Crippen molar-refractivity contribution in [1.82, 2.24) is 0 Å². The third-order valence-electron chi connectivity index (χ3n) is 4.54. The van der Waals surface area contributed by atoms with Gasteiger partial charge in [0.15, 0.2) is 0 Å². The van der Waals surface area contributed by atoms with E-state index in [2.05, 4.69) is 0 Å². The second-order valence-electron chi connectivity index (χ2n) is 6.43. The summed E-state index contributed by atoms with van der Waals surface area (Å²) in [6.07, 6.45) is -2.60. The third kappa shape index (κ3) is 4.93. The van der Waals surface area contributed by atoms with Crippen molar-refractivity contribution in [3.63, 3.8) is 0 Å². The van der Waals surface area contributed by atoms with Crippen LogP contribution in [0.1, 0.15) is 23.1 Å². The SMILES string of the molecule is O=C(O)C1CCc2cc(OCCOc3cccc(C(F)(F)F)c3)ccc2C1. The van der Waals surface area contributed by atoms with Gasteiger partial charge in [0.2, 0.25) is 0 Å². The largest absolute Gasteiger partial charge is 0.490 e. The molecule has 0 saturated heterocycles. The fourth-order valence-electron chi connectivity index (χ4n) is 3.11. The summed E-state index contributed by atoms with van der Waals surface area (Å²) in [6.45, 7) is 0.298. The second-order valence-corrected chi connectivity index (χ2v) is 6.43. The van der Waals surface area contributed by atoms with E-state index in [1.165, 1.54) is 12.1 Å². The minimum Gasteiger partial charge on any atom is -0.490 e. The van der Waals surface area contributed by atoms with Crippen LogP contribution in [0.15, 0.2) is 42.5 Å². The van der Waals surface area contributed by atoms with Crippen molar-refractivity contribution in [3.8, 4) is 11.5 Å². The van der Waals surface area contributed by atoms with E-state index in [4.69, 9.17) is 14.6 Å². The van der Waals surface area contributed by atoms with E-state index in [-0.39, 0.29) is 24.9 Å². The zero-order chi connectivity index (χ0) is 19.4. The molecule has 0 amide bonds. The van der Waals surface area contributed by atoms with E-state index in [9.17, 15) is 18.0 Å². The maximum absolute atomic E-state index is 12.7. The third-order valence-corrected chi connectivity index (χ3v) is 4.54. The number of alkyl halides is 3. The molecule has 2 aromatic carbocycles. The lowest BCUT2D eigenvalue weighted by molar-refractivity contribution is -0.142. The number of aryl methyl sites for hydroxylation is 1. The van der Waals surface area contributed by atoms with E-state index in [1.54, 1.807) is 6.07 Å². The van der Waals surface area contributed by atoms with Crippen LogP contribution in [-0.2, 0) is 23.8 Å². The van der Waals surface area contributed by atoms with Gasteiger partial charge < -0.3 is 14.6 Å². The Morgan fingerprint density at radius 1 is 1.04 bits per heavy atom. The Balaban J connectivity index is 1.51. The maximum atomic E-state index is 12.7. The van der Waals surface area contributed by atoms with Crippen molar-refractivity contribution < 1.29 is 32.5 Å². The van der Waals surface area contributed by atoms with Crippen LogP contribution in [0.3, 0.4) is 0 Å². The van der Waals surface area contributed by atoms with Crippen LogP contribution in [0.4, 0.5) is 13.2 Å². The zero-order valence-corrected chi connectivity index (χ0v) is 14.5. The van der Waals surface area contributed by atoms with Gasteiger partial charge in [0.05, 0.1) is 11.5 Å². The Hall–Kier alpha value is -2.70. The van der Waals surface area contributed by atoms with Crippen LogP contribution >= 0.6 is 0 Å². The molecule has 27 heavy (non-hydrogen) atoms. The molecule has 0 bridgehead atoms. The van der Waals surface area contributed by atoms with Crippen molar-refractivity contribution in [2.75, 3.05) is 13.2 Å². The Kier molecular flexibility index (Phi) is 5.58. The van der Waals surface area contributed by atoms with Gasteiger partial charge in [-0.25, -0.2) is 0 Å². The lowest BCUT2D eigenvalue weighted by Crippen LogP contribution is -2.22. The molecule has 1 unspecified atom stereocenters. The standard InChI is InChI=1S/C20H19F3O4/c21-20(22,23)16-2-1-3-17(12-16)26-8-9-27-18-7-6-13-10-15(19(24)25)5-4-14(13)11-18/h1-3,6-7,11-12,15H,4-5,8-10H2,(H,24,25). The number of fused-ring (bicyclic) bond motifs is 1. The Labute approximate surface area is 154 Å². The van der Waals surface area contributed by atoms with Gasteiger partial charge in [-0.3, -0.25) is 4.79 Å². The number of hydrogen-bond donors (Lipinski definition) is 1. The molecule has 0 radical (unpaired) electrons. The number of carboxylic acids is 1. The quantitative estimate of drug-likeness (QED) is 0.757. The first-order chi connectivity index (χ1) is 12.8. The van der Waals surface area contributed by atoms with Gasteiger partial charge in [0.1, 0.15) is 24.7 Å². The van der Waals surface area contributed by atoms with Gasteiger partial charge in [0, 0.05) is 0 Å². The summed E-state index contributed by atoms with van der Waals surface area (Å²) in [7, 11) is 0. The smallest absolute Gasteiger partial charge is 0.416 e. The molecule has 0 aliphatic heterocycles. The lowest BCUT2D eigenvalue weighted by atomic mass is 9.84. The minimum absolute atomic E-state index is 0.111. The highest BCUT2D eigenvalue weighted by Crippen LogP contribution is 2.31. The average molecular weight is 380 g/mol. The monoisotopic (exact) mass is 380 g/mol. The Morgan fingerprint density at radius 2 is 1.74 bits per heavy atom. The maximum Gasteiger partial charge on any atom is 0.416 e. The number of aliphatic carboxylic acids is 1. The molecular formula is C20H19F3O4. The zero-order valence-electron chi connectivity index (χ0n) is 14.5. The van der Waals surface area contributed by atoms with Crippen molar-refractivity contribution in [2.24, 2.45) is 5.92 Å². The summed E-state index contributed by atoms with van der Waals surface area (Å²) in [5.74, 6) is -0.341. The molecule has 0 heterocycles. The minimum atomic E-state index is -4.40. The highest BCUT2D eigenvalue weighted by atomic mass is 19.4. The van der Waals surface area contributed by atoms with E-state index in [0.29, 0.717) is 25.0 Å². The highest BCUT2D eigenvalue weighted by molar-refractivity contribution is 5.71. The van der Waals surface area contributed by atoms with Crippen molar-refractivity contribution in [2.45, 2.75) is 25.4 Å². The van der Waals surface area contributed by atoms with Crippen molar-refractivity contribution in [1.29, 1.82) is 0 Å². The molecule has 7 heteroatoms. The summed E-state index contributed by atoms with van der Waals surface area (Å²) in [6, 6.07) is 10.2. The van der Waals surface area contributed by atoms with E-state index >= 15 is 0 Å². The van der Waals surface area contributed by atoms with Crippen molar-refractivity contribution in [3.05, 3.63) is 59.2 Å². The van der Waals surface area contributed by atoms with E-state index in [1.807, 2.05) is 12.1 Å². The highest BCUT2D eigenvalue weighted by Gasteiger charge is 2.30. The number of hydrogen-bond acceptors (Lipinski definition) is 3. The molecule has 1 N–H and O–H groups in total. The number of carboxylic acid groups (broad SMARTS) is 1. The number of halogens is 3. The predicted octanol–water partition coefficient (Wildman–Crippen LogP) is 4.35. The molecule has 0 saturated carbocycles. The van der Waals surface area contributed by atoms with Gasteiger partial charge in [-0.15, -0.1) is 0 Å². The molecule has 1 atom stereocenters. The predicted molar refractivity (Wildman–Crippen MR) is 92.0 cm³/mol. The molecule has 4 nitrogen and oxygen atoms in total. The molecular weight excluding hydrogens is 361 g/mol. The van der Waals surface area contributed by atoms with Crippen LogP contribution in [0.5, 0.6) is 11.5 Å². The first kappa shape index (κ1) is 19.1. The fraction of sp³-hybridized carbons (Fsp3) is 0.350. The molecule has 0 aromatic heterocycles. The van der Waals surface area contributed by atoms with Gasteiger partial charge in [-0.2, -0.15) is 13.2 Å². The molecule has 3 rings (SSSR count). The molecule has 2 aromatic rings. The average Bonchev–Trinajstić information content (AvgIpc) is 2.64. The normalized spacial score (nSPS) is 16.5. The number of ether oxygens (including phenoxy) is 2. The summed E-state index contributed by atoms with van der Waals surface area (Å²) in [5, 5.41) is 9.12. The van der Waals surface area contributed by atoms with Gasteiger partial charge in [-0.1, -0.05) is 12.1 Å². The van der Waals surface area contributed by atoms with E-state index < -0.39 is 17.7 Å². The number of carbonyl (C=O) groups is 1. The second kappa shape index (κ2) is 7.90. The van der Waals surface area contributed by atoms with Crippen LogP contribution in [-0.4, -0.2) is 24.3 Å². The topological polar surface area (TPSA) is 55.8 Å². The lowest BCUT2D eigenvalue weighted by Gasteiger charge is -2.22. The molecule has 1 aliphatic carbocycles. The summed E-state index contributed by atoms with van der Waals surface area (Å²) < 4.78 is 48.9. The van der Waals surface area contributed by atoms with Gasteiger partial charge in [-0.05, 0) is 60.7 Å². The summed E-state index contributed by atoms with van der Waals surface area (Å²) in [4.78, 5) is 11.1. The van der Waals surface area contributed by atoms with Crippen molar-refractivity contribution >= 4 is 5.97 Å². The first-order valence-corrected chi connectivity index (χ1v) is 8.60. The van der Waals surface area contributed by atoms with Crippen LogP contribution in [0.2, 0.25) is 0 Å². The Morgan fingerprint density at radius 3 is 2.41 bits per heavy atom.